The molecule has 3 rings (SSSR count). The third kappa shape index (κ3) is 7.07. The molecular formula is C26H48N4O4Si. The Labute approximate surface area is 213 Å². The molecule has 3 aliphatic heterocycles. The van der Waals surface area contributed by atoms with Crippen LogP contribution in [0, 0.1) is 0 Å². The number of carbonyl (C=O) groups excluding carboxylic acids is 3. The van der Waals surface area contributed by atoms with Crippen LogP contribution in [0.4, 0.5) is 0 Å². The molecule has 3 aliphatic rings. The largest absolute Gasteiger partial charge is 0.417 e. The number of likely N-dealkylation sites (N-methyl/N-ethyl adjacent to an activating group) is 1. The van der Waals surface area contributed by atoms with E-state index in [2.05, 4.69) is 31.4 Å². The first-order valence-corrected chi connectivity index (χ1v) is 16.3. The minimum absolute atomic E-state index is 0.0549. The second-order valence-electron chi connectivity index (χ2n) is 10.8. The van der Waals surface area contributed by atoms with Crippen molar-refractivity contribution >= 4 is 26.0 Å². The number of nitrogens with one attached hydrogen (secondary N) is 2. The van der Waals surface area contributed by atoms with E-state index in [0.29, 0.717) is 19.5 Å². The van der Waals surface area contributed by atoms with Crippen molar-refractivity contribution in [2.75, 3.05) is 39.8 Å². The second kappa shape index (κ2) is 13.2. The molecule has 2 N–H and O–H groups in total. The Morgan fingerprint density at radius 2 is 1.86 bits per heavy atom. The highest BCUT2D eigenvalue weighted by Gasteiger charge is 2.62. The van der Waals surface area contributed by atoms with Gasteiger partial charge in [0.1, 0.15) is 6.04 Å². The summed E-state index contributed by atoms with van der Waals surface area (Å²) in [5.41, 5.74) is 1.48. The van der Waals surface area contributed by atoms with Crippen molar-refractivity contribution in [2.24, 2.45) is 0 Å². The van der Waals surface area contributed by atoms with Crippen LogP contribution in [0.25, 0.3) is 0 Å². The predicted octanol–water partition coefficient (Wildman–Crippen LogP) is 3.03. The zero-order valence-corrected chi connectivity index (χ0v) is 23.4. The number of hydrogen-bond donors (Lipinski definition) is 2. The first-order chi connectivity index (χ1) is 16.8. The van der Waals surface area contributed by atoms with Gasteiger partial charge in [0.15, 0.2) is 8.32 Å². The molecule has 4 atom stereocenters. The van der Waals surface area contributed by atoms with E-state index < -0.39 is 8.32 Å². The lowest BCUT2D eigenvalue weighted by Crippen LogP contribution is -2.51. The summed E-state index contributed by atoms with van der Waals surface area (Å²) in [6, 6.07) is 0.714. The Morgan fingerprint density at radius 1 is 1.09 bits per heavy atom. The highest BCUT2D eigenvalue weighted by molar-refractivity contribution is 6.87. The number of unbranched alkanes of at least 4 members (excludes halogenated alkanes) is 2. The molecule has 200 valence electrons. The number of likely N-dealkylation sites (tertiary alicyclic amines) is 1. The molecule has 3 saturated heterocycles. The molecule has 0 saturated carbocycles. The third-order valence-electron chi connectivity index (χ3n) is 8.61. The summed E-state index contributed by atoms with van der Waals surface area (Å²) in [7, 11) is 0.313. The van der Waals surface area contributed by atoms with E-state index in [4.69, 9.17) is 4.43 Å². The molecule has 3 heterocycles. The van der Waals surface area contributed by atoms with Crippen molar-refractivity contribution in [3.05, 3.63) is 0 Å². The second-order valence-corrected chi connectivity index (χ2v) is 15.3. The van der Waals surface area contributed by atoms with Gasteiger partial charge < -0.3 is 24.9 Å². The van der Waals surface area contributed by atoms with Crippen LogP contribution in [0.2, 0.25) is 17.1 Å². The van der Waals surface area contributed by atoms with E-state index in [1.807, 2.05) is 7.05 Å². The van der Waals surface area contributed by atoms with E-state index in [1.165, 1.54) is 0 Å². The SMILES string of the molecule is CCO[Si]1(CCCNC(=O)CCCCCN(C)C(=O)[C@@H]2CCCN2C(=O)[C@@H]2CCCN2)C(C)C1C. The fourth-order valence-corrected chi connectivity index (χ4v) is 11.2. The maximum absolute atomic E-state index is 13.0. The Kier molecular flexibility index (Phi) is 10.6. The molecule has 9 heteroatoms. The maximum atomic E-state index is 13.0. The van der Waals surface area contributed by atoms with Crippen LogP contribution in [0.15, 0.2) is 0 Å². The summed E-state index contributed by atoms with van der Waals surface area (Å²) in [5.74, 6) is 0.271. The molecule has 0 bridgehead atoms. The molecule has 0 radical (unpaired) electrons. The minimum Gasteiger partial charge on any atom is -0.417 e. The maximum Gasteiger partial charge on any atom is 0.245 e. The van der Waals surface area contributed by atoms with Gasteiger partial charge in [-0.1, -0.05) is 20.3 Å². The molecular weight excluding hydrogens is 460 g/mol. The summed E-state index contributed by atoms with van der Waals surface area (Å²) >= 11 is 0. The Bertz CT molecular complexity index is 722. The first-order valence-electron chi connectivity index (χ1n) is 14.0. The smallest absolute Gasteiger partial charge is 0.245 e. The number of rotatable bonds is 14. The van der Waals surface area contributed by atoms with Crippen LogP contribution in [0.3, 0.4) is 0 Å². The van der Waals surface area contributed by atoms with E-state index >= 15 is 0 Å². The number of hydrogen-bond acceptors (Lipinski definition) is 5. The number of amides is 3. The highest BCUT2D eigenvalue weighted by Crippen LogP contribution is 2.61. The molecule has 3 amide bonds. The van der Waals surface area contributed by atoms with Crippen LogP contribution in [-0.2, 0) is 18.8 Å². The summed E-state index contributed by atoms with van der Waals surface area (Å²) in [4.78, 5) is 41.6. The van der Waals surface area contributed by atoms with Crippen LogP contribution < -0.4 is 10.6 Å². The Balaban J connectivity index is 1.25. The lowest BCUT2D eigenvalue weighted by Gasteiger charge is -2.29. The Hall–Kier alpha value is -1.45. The molecule has 35 heavy (non-hydrogen) atoms. The minimum atomic E-state index is -1.52. The van der Waals surface area contributed by atoms with Gasteiger partial charge in [-0.25, -0.2) is 0 Å². The molecule has 0 aliphatic carbocycles. The van der Waals surface area contributed by atoms with Gasteiger partial charge in [0.2, 0.25) is 17.7 Å². The molecule has 3 fully saturated rings. The van der Waals surface area contributed by atoms with Gasteiger partial charge in [0.25, 0.3) is 0 Å². The number of nitrogens with zero attached hydrogens (tertiary/aromatic N) is 2. The standard InChI is InChI=1S/C26H48N4O4Si/c1-5-34-35(20(2)21(35)3)19-11-16-28-24(31)14-7-6-8-17-29(4)26(33)23-13-10-18-30(23)25(32)22-12-9-15-27-22/h20-23,27H,5-19H2,1-4H3,(H,28,31)/t20?,21?,22-,23-,35?/m0/s1. The van der Waals surface area contributed by atoms with Crippen LogP contribution >= 0.6 is 0 Å². The normalized spacial score (nSPS) is 29.9. The average Bonchev–Trinajstić information content (AvgIpc) is 3.38. The fourth-order valence-electron chi connectivity index (χ4n) is 6.12. The van der Waals surface area contributed by atoms with Crippen LogP contribution in [-0.4, -0.2) is 87.8 Å². The molecule has 8 nitrogen and oxygen atoms in total. The van der Waals surface area contributed by atoms with Crippen molar-refractivity contribution in [3.8, 4) is 0 Å². The molecule has 0 aromatic carbocycles. The summed E-state index contributed by atoms with van der Waals surface area (Å²) in [6.45, 7) is 10.5. The quantitative estimate of drug-likeness (QED) is 0.278. The van der Waals surface area contributed by atoms with Gasteiger partial charge in [-0.3, -0.25) is 14.4 Å². The lowest BCUT2D eigenvalue weighted by molar-refractivity contribution is -0.144. The molecule has 0 spiro atoms. The first kappa shape index (κ1) is 28.1. The van der Waals surface area contributed by atoms with Crippen molar-refractivity contribution in [2.45, 2.75) is 108 Å². The van der Waals surface area contributed by atoms with Gasteiger partial charge in [-0.05, 0) is 75.5 Å². The monoisotopic (exact) mass is 508 g/mol. The predicted molar refractivity (Wildman–Crippen MR) is 141 cm³/mol. The Morgan fingerprint density at radius 3 is 2.51 bits per heavy atom. The molecule has 2 unspecified atom stereocenters. The zero-order chi connectivity index (χ0) is 25.4. The van der Waals surface area contributed by atoms with E-state index in [1.54, 1.807) is 9.80 Å². The zero-order valence-electron chi connectivity index (χ0n) is 22.4. The van der Waals surface area contributed by atoms with Crippen molar-refractivity contribution in [3.63, 3.8) is 0 Å². The fraction of sp³-hybridized carbons (Fsp3) is 0.885. The van der Waals surface area contributed by atoms with Crippen molar-refractivity contribution in [1.82, 2.24) is 20.4 Å². The topological polar surface area (TPSA) is 91.0 Å². The van der Waals surface area contributed by atoms with Crippen molar-refractivity contribution in [1.29, 1.82) is 0 Å². The average molecular weight is 509 g/mol. The van der Waals surface area contributed by atoms with E-state index in [0.717, 1.165) is 88.2 Å². The summed E-state index contributed by atoms with van der Waals surface area (Å²) in [6.07, 6.45) is 7.72. The van der Waals surface area contributed by atoms with Gasteiger partial charge in [-0.2, -0.15) is 0 Å². The van der Waals surface area contributed by atoms with Gasteiger partial charge >= 0.3 is 0 Å². The summed E-state index contributed by atoms with van der Waals surface area (Å²) in [5, 5.41) is 6.33. The van der Waals surface area contributed by atoms with Crippen LogP contribution in [0.1, 0.15) is 78.6 Å². The molecule has 0 aromatic rings. The van der Waals surface area contributed by atoms with Gasteiger partial charge in [0.05, 0.1) is 6.04 Å². The molecule has 0 aromatic heterocycles. The number of carbonyl (C=O) groups is 3. The lowest BCUT2D eigenvalue weighted by atomic mass is 10.1. The summed E-state index contributed by atoms with van der Waals surface area (Å²) < 4.78 is 6.15. The third-order valence-corrected chi connectivity index (χ3v) is 14.3. The van der Waals surface area contributed by atoms with E-state index in [9.17, 15) is 14.4 Å². The van der Waals surface area contributed by atoms with E-state index in [-0.39, 0.29) is 29.8 Å². The van der Waals surface area contributed by atoms with Gasteiger partial charge in [0, 0.05) is 39.7 Å². The van der Waals surface area contributed by atoms with Crippen molar-refractivity contribution < 1.29 is 18.8 Å². The highest BCUT2D eigenvalue weighted by atomic mass is 28.4. The van der Waals surface area contributed by atoms with Crippen LogP contribution in [0.5, 0.6) is 0 Å². The van der Waals surface area contributed by atoms with Gasteiger partial charge in [-0.15, -0.1) is 0 Å².